The Morgan fingerprint density at radius 1 is 1.12 bits per heavy atom. The number of ketones is 2. The van der Waals surface area contributed by atoms with E-state index < -0.39 is 23.0 Å². The van der Waals surface area contributed by atoms with Crippen LogP contribution in [-0.2, 0) is 28.7 Å². The lowest BCUT2D eigenvalue weighted by Crippen LogP contribution is -2.60. The van der Waals surface area contributed by atoms with Crippen LogP contribution in [0.1, 0.15) is 73.1 Å². The predicted molar refractivity (Wildman–Crippen MR) is 127 cm³/mol. The smallest absolute Gasteiger partial charge is 0.306 e. The fourth-order valence-electron chi connectivity index (χ4n) is 7.33. The molecule has 0 spiro atoms. The molecule has 4 aliphatic rings. The zero-order valence-electron chi connectivity index (χ0n) is 20.9. The summed E-state index contributed by atoms with van der Waals surface area (Å²) in [5, 5.41) is 0. The highest BCUT2D eigenvalue weighted by atomic mass is 16.6. The summed E-state index contributed by atoms with van der Waals surface area (Å²) in [6, 6.07) is 0. The van der Waals surface area contributed by atoms with E-state index in [2.05, 4.69) is 19.9 Å². The molecule has 6 nitrogen and oxygen atoms in total. The van der Waals surface area contributed by atoms with Crippen molar-refractivity contribution in [3.8, 4) is 0 Å². The van der Waals surface area contributed by atoms with Gasteiger partial charge in [0.25, 0.3) is 0 Å². The highest BCUT2D eigenvalue weighted by Gasteiger charge is 2.70. The molecule has 0 radical (unpaired) electrons. The van der Waals surface area contributed by atoms with Crippen molar-refractivity contribution in [2.45, 2.75) is 78.7 Å². The van der Waals surface area contributed by atoms with Crippen LogP contribution >= 0.6 is 0 Å². The first kappa shape index (κ1) is 24.6. The van der Waals surface area contributed by atoms with Gasteiger partial charge in [0.2, 0.25) is 5.78 Å². The Morgan fingerprint density at radius 2 is 1.82 bits per heavy atom. The van der Waals surface area contributed by atoms with E-state index in [-0.39, 0.29) is 54.2 Å². The summed E-state index contributed by atoms with van der Waals surface area (Å²) in [6.07, 6.45) is 11.1. The van der Waals surface area contributed by atoms with Gasteiger partial charge in [-0.05, 0) is 56.6 Å². The van der Waals surface area contributed by atoms with E-state index in [1.54, 1.807) is 26.0 Å². The fourth-order valence-corrected chi connectivity index (χ4v) is 7.33. The van der Waals surface area contributed by atoms with Crippen LogP contribution in [0.5, 0.6) is 0 Å². The Morgan fingerprint density at radius 3 is 2.50 bits per heavy atom. The van der Waals surface area contributed by atoms with E-state index in [9.17, 15) is 19.2 Å². The summed E-state index contributed by atoms with van der Waals surface area (Å²) in [7, 11) is 0. The highest BCUT2D eigenvalue weighted by molar-refractivity contribution is 6.01. The van der Waals surface area contributed by atoms with Crippen molar-refractivity contribution in [3.05, 3.63) is 35.5 Å². The topological polar surface area (TPSA) is 86.7 Å². The Balaban J connectivity index is 1.76. The summed E-state index contributed by atoms with van der Waals surface area (Å²) in [5.74, 6) is -0.964. The van der Waals surface area contributed by atoms with Gasteiger partial charge in [0.15, 0.2) is 18.0 Å². The van der Waals surface area contributed by atoms with Crippen molar-refractivity contribution in [2.75, 3.05) is 6.61 Å². The van der Waals surface area contributed by atoms with Gasteiger partial charge in [-0.3, -0.25) is 19.2 Å². The van der Waals surface area contributed by atoms with Gasteiger partial charge in [-0.25, -0.2) is 0 Å². The summed E-state index contributed by atoms with van der Waals surface area (Å²) in [4.78, 5) is 50.2. The van der Waals surface area contributed by atoms with Gasteiger partial charge in [0.1, 0.15) is 0 Å². The lowest BCUT2D eigenvalue weighted by Gasteiger charge is -2.54. The molecule has 6 atom stereocenters. The van der Waals surface area contributed by atoms with Crippen molar-refractivity contribution < 1.29 is 28.7 Å². The molecule has 0 amide bonds. The van der Waals surface area contributed by atoms with Crippen LogP contribution in [-0.4, -0.2) is 35.7 Å². The maximum Gasteiger partial charge on any atom is 0.306 e. The molecular weight excluding hydrogens is 432 g/mol. The molecule has 2 saturated carbocycles. The quantitative estimate of drug-likeness (QED) is 0.416. The summed E-state index contributed by atoms with van der Waals surface area (Å²) in [6.45, 7) is 9.27. The minimum absolute atomic E-state index is 0.0411. The van der Waals surface area contributed by atoms with Crippen LogP contribution in [0.4, 0.5) is 0 Å². The first-order valence-electron chi connectivity index (χ1n) is 12.6. The van der Waals surface area contributed by atoms with Gasteiger partial charge < -0.3 is 9.47 Å². The zero-order valence-corrected chi connectivity index (χ0v) is 20.9. The van der Waals surface area contributed by atoms with Gasteiger partial charge in [-0.15, -0.1) is 0 Å². The second-order valence-electron chi connectivity index (χ2n) is 10.8. The molecule has 0 heterocycles. The molecule has 6 heteroatoms. The number of rotatable bonds is 6. The lowest BCUT2D eigenvalue weighted by atomic mass is 9.51. The van der Waals surface area contributed by atoms with Crippen LogP contribution in [0.2, 0.25) is 0 Å². The number of ether oxygens (including phenoxy) is 2. The van der Waals surface area contributed by atoms with Crippen molar-refractivity contribution >= 4 is 23.5 Å². The fraction of sp³-hybridized carbons (Fsp3) is 0.643. The van der Waals surface area contributed by atoms with Crippen molar-refractivity contribution in [1.82, 2.24) is 0 Å². The largest absolute Gasteiger partial charge is 0.457 e. The standard InChI is InChI=1S/C28H36O6/c1-6-24(31)33-16-23(30)28(34-25(32)7-2)17(3)14-22-20-9-8-18-15-19(29)10-12-26(18,4)21(20)11-13-27(22,28)5/h10-12,15,17,20,22H,6-9,13-14,16H2,1-5H3/t17-,20+,22-,26-,27-,28-/m0/s1. The number of carbonyl (C=O) groups excluding carboxylic acids is 4. The molecule has 0 saturated heterocycles. The van der Waals surface area contributed by atoms with E-state index in [0.29, 0.717) is 6.42 Å². The number of hydrogen-bond donors (Lipinski definition) is 0. The van der Waals surface area contributed by atoms with E-state index in [4.69, 9.17) is 9.47 Å². The normalized spacial score (nSPS) is 38.1. The number of Topliss-reactive ketones (excluding diaryl/α,β-unsaturated/α-hetero) is 1. The second-order valence-corrected chi connectivity index (χ2v) is 10.8. The monoisotopic (exact) mass is 468 g/mol. The molecule has 2 fully saturated rings. The Hall–Kier alpha value is -2.50. The third kappa shape index (κ3) is 3.44. The van der Waals surface area contributed by atoms with Crippen molar-refractivity contribution in [1.29, 1.82) is 0 Å². The van der Waals surface area contributed by atoms with Crippen molar-refractivity contribution in [3.63, 3.8) is 0 Å². The number of carbonyl (C=O) groups is 4. The van der Waals surface area contributed by atoms with Gasteiger partial charge >= 0.3 is 11.9 Å². The maximum absolute atomic E-state index is 13.8. The Bertz CT molecular complexity index is 1020. The molecule has 0 unspecified atom stereocenters. The molecule has 34 heavy (non-hydrogen) atoms. The molecule has 0 aromatic carbocycles. The third-order valence-corrected chi connectivity index (χ3v) is 9.12. The number of esters is 2. The minimum atomic E-state index is -1.34. The molecule has 0 N–H and O–H groups in total. The first-order chi connectivity index (χ1) is 16.0. The van der Waals surface area contributed by atoms with Gasteiger partial charge in [0, 0.05) is 29.6 Å². The Labute approximate surface area is 201 Å². The summed E-state index contributed by atoms with van der Waals surface area (Å²) < 4.78 is 11.3. The first-order valence-corrected chi connectivity index (χ1v) is 12.6. The van der Waals surface area contributed by atoms with Gasteiger partial charge in [-0.2, -0.15) is 0 Å². The van der Waals surface area contributed by atoms with E-state index >= 15 is 0 Å². The van der Waals surface area contributed by atoms with Crippen LogP contribution in [0.3, 0.4) is 0 Å². The zero-order chi connectivity index (χ0) is 24.9. The van der Waals surface area contributed by atoms with Crippen LogP contribution in [0, 0.1) is 28.6 Å². The van der Waals surface area contributed by atoms with Crippen molar-refractivity contribution in [2.24, 2.45) is 28.6 Å². The molecule has 4 aliphatic carbocycles. The molecule has 0 aromatic heterocycles. The third-order valence-electron chi connectivity index (χ3n) is 9.12. The minimum Gasteiger partial charge on any atom is -0.457 e. The van der Waals surface area contributed by atoms with E-state index in [1.807, 2.05) is 13.0 Å². The number of allylic oxidation sites excluding steroid dienone is 6. The van der Waals surface area contributed by atoms with Gasteiger partial charge in [-0.1, -0.05) is 51.0 Å². The highest BCUT2D eigenvalue weighted by Crippen LogP contribution is 2.67. The molecular formula is C28H36O6. The maximum atomic E-state index is 13.8. The molecule has 0 aromatic rings. The van der Waals surface area contributed by atoms with Crippen LogP contribution < -0.4 is 0 Å². The summed E-state index contributed by atoms with van der Waals surface area (Å²) in [5.41, 5.74) is 0.241. The summed E-state index contributed by atoms with van der Waals surface area (Å²) >= 11 is 0. The van der Waals surface area contributed by atoms with E-state index in [0.717, 1.165) is 24.8 Å². The second kappa shape index (κ2) is 8.62. The molecule has 0 bridgehead atoms. The molecule has 0 aliphatic heterocycles. The molecule has 184 valence electrons. The number of fused-ring (bicyclic) bond motifs is 5. The SMILES string of the molecule is CCC(=O)OCC(=O)[C@@]1(OC(=O)CC)[C@@H](C)C[C@H]2[C@@H]3CCC4=CC(=O)C=C[C@]4(C)C3=CC[C@@]21C. The van der Waals surface area contributed by atoms with Crippen LogP contribution in [0.25, 0.3) is 0 Å². The molecule has 4 rings (SSSR count). The van der Waals surface area contributed by atoms with Gasteiger partial charge in [0.05, 0.1) is 0 Å². The van der Waals surface area contributed by atoms with Crippen LogP contribution in [0.15, 0.2) is 35.5 Å². The average Bonchev–Trinajstić information content (AvgIpc) is 3.04. The Kier molecular flexibility index (Phi) is 6.24. The lowest BCUT2D eigenvalue weighted by molar-refractivity contribution is -0.191. The van der Waals surface area contributed by atoms with E-state index in [1.165, 1.54) is 5.57 Å². The predicted octanol–water partition coefficient (Wildman–Crippen LogP) is 4.67. The number of hydrogen-bond acceptors (Lipinski definition) is 6. The average molecular weight is 469 g/mol.